The third kappa shape index (κ3) is 4.25. The minimum absolute atomic E-state index is 0.0401. The van der Waals surface area contributed by atoms with Gasteiger partial charge in [-0.3, -0.25) is 19.7 Å². The number of hydrogen-bond acceptors (Lipinski definition) is 5. The number of anilines is 1. The Kier molecular flexibility index (Phi) is 6.12. The molecule has 3 aromatic rings. The zero-order chi connectivity index (χ0) is 24.6. The van der Waals surface area contributed by atoms with Crippen molar-refractivity contribution in [3.05, 3.63) is 82.9 Å². The van der Waals surface area contributed by atoms with Crippen LogP contribution in [0.1, 0.15) is 23.9 Å². The van der Waals surface area contributed by atoms with Crippen molar-refractivity contribution < 1.29 is 23.5 Å². The maximum absolute atomic E-state index is 14.4. The number of esters is 1. The van der Waals surface area contributed by atoms with E-state index in [2.05, 4.69) is 5.32 Å². The van der Waals surface area contributed by atoms with Crippen LogP contribution in [0, 0.1) is 19.7 Å². The predicted molar refractivity (Wildman–Crippen MR) is 129 cm³/mol. The van der Waals surface area contributed by atoms with Crippen LogP contribution in [-0.4, -0.2) is 27.5 Å². The van der Waals surface area contributed by atoms with Crippen molar-refractivity contribution in [2.75, 3.05) is 4.90 Å². The highest BCUT2D eigenvalue weighted by molar-refractivity contribution is 7.80. The van der Waals surface area contributed by atoms with Crippen molar-refractivity contribution in [1.29, 1.82) is 0 Å². The molecule has 0 aliphatic carbocycles. The molecular weight excluding hydrogens is 457 g/mol. The number of thiocarbonyl (C=S) groups is 1. The van der Waals surface area contributed by atoms with Crippen LogP contribution >= 0.6 is 12.2 Å². The standard InChI is InChI=1S/C25H20FN3O4S/c1-14-12-17(15(2)28(14)18-8-10-19(11-9-18)33-16(3)30)13-20-23(31)27-25(34)29(24(20)32)22-7-5-4-6-21(22)26/h4-13H,1-3H3,(H,27,31,34)/b20-13+. The van der Waals surface area contributed by atoms with Gasteiger partial charge in [-0.25, -0.2) is 9.29 Å². The Hall–Kier alpha value is -4.11. The molecule has 1 aromatic heterocycles. The summed E-state index contributed by atoms with van der Waals surface area (Å²) >= 11 is 5.14. The first-order chi connectivity index (χ1) is 16.2. The number of aromatic nitrogens is 1. The van der Waals surface area contributed by atoms with E-state index in [0.717, 1.165) is 22.0 Å². The van der Waals surface area contributed by atoms with Crippen LogP contribution in [-0.2, 0) is 14.4 Å². The molecule has 0 radical (unpaired) electrons. The number of ether oxygens (including phenoxy) is 1. The summed E-state index contributed by atoms with van der Waals surface area (Å²) in [5, 5.41) is 2.28. The summed E-state index contributed by atoms with van der Waals surface area (Å²) in [4.78, 5) is 37.9. The summed E-state index contributed by atoms with van der Waals surface area (Å²) < 4.78 is 21.4. The van der Waals surface area contributed by atoms with E-state index in [-0.39, 0.29) is 16.4 Å². The van der Waals surface area contributed by atoms with Crippen molar-refractivity contribution >= 4 is 46.9 Å². The number of rotatable bonds is 4. The van der Waals surface area contributed by atoms with Gasteiger partial charge in [0, 0.05) is 24.0 Å². The van der Waals surface area contributed by atoms with Gasteiger partial charge in [0.25, 0.3) is 11.8 Å². The number of para-hydroxylation sites is 1. The fourth-order valence-electron chi connectivity index (χ4n) is 3.83. The second kappa shape index (κ2) is 9.03. The van der Waals surface area contributed by atoms with Crippen molar-refractivity contribution in [2.24, 2.45) is 0 Å². The van der Waals surface area contributed by atoms with Crippen LogP contribution in [0.5, 0.6) is 5.75 Å². The molecule has 2 amide bonds. The maximum Gasteiger partial charge on any atom is 0.308 e. The molecule has 0 bridgehead atoms. The van der Waals surface area contributed by atoms with Gasteiger partial charge in [0.15, 0.2) is 5.11 Å². The summed E-state index contributed by atoms with van der Waals surface area (Å²) in [7, 11) is 0. The number of carbonyl (C=O) groups is 3. The molecule has 4 rings (SSSR count). The van der Waals surface area contributed by atoms with E-state index in [1.807, 2.05) is 24.5 Å². The Bertz CT molecular complexity index is 1380. The molecule has 1 aliphatic rings. The van der Waals surface area contributed by atoms with Crippen LogP contribution in [0.2, 0.25) is 0 Å². The lowest BCUT2D eigenvalue weighted by Gasteiger charge is -2.29. The summed E-state index contributed by atoms with van der Waals surface area (Å²) in [5.41, 5.74) is 2.88. The number of nitrogens with one attached hydrogen (secondary N) is 1. The molecule has 1 N–H and O–H groups in total. The molecule has 0 atom stereocenters. The minimum atomic E-state index is -0.714. The topological polar surface area (TPSA) is 80.6 Å². The monoisotopic (exact) mass is 477 g/mol. The molecule has 0 saturated carbocycles. The van der Waals surface area contributed by atoms with Gasteiger partial charge in [0.05, 0.1) is 5.69 Å². The van der Waals surface area contributed by atoms with Crippen LogP contribution in [0.25, 0.3) is 11.8 Å². The summed E-state index contributed by atoms with van der Waals surface area (Å²) in [6, 6.07) is 14.5. The zero-order valence-corrected chi connectivity index (χ0v) is 19.4. The lowest BCUT2D eigenvalue weighted by molar-refractivity contribution is -0.132. The van der Waals surface area contributed by atoms with Crippen LogP contribution in [0.4, 0.5) is 10.1 Å². The Morgan fingerprint density at radius 2 is 1.76 bits per heavy atom. The quantitative estimate of drug-likeness (QED) is 0.202. The van der Waals surface area contributed by atoms with Gasteiger partial charge in [0.1, 0.15) is 17.1 Å². The number of hydrogen-bond donors (Lipinski definition) is 1. The number of carbonyl (C=O) groups excluding carboxylic acids is 3. The molecule has 9 heteroatoms. The Morgan fingerprint density at radius 3 is 2.41 bits per heavy atom. The second-order valence-electron chi connectivity index (χ2n) is 7.66. The summed E-state index contributed by atoms with van der Waals surface area (Å²) in [5.74, 6) is -1.99. The first-order valence-corrected chi connectivity index (χ1v) is 10.7. The normalized spacial score (nSPS) is 15.0. The molecule has 172 valence electrons. The third-order valence-electron chi connectivity index (χ3n) is 5.32. The molecule has 0 unspecified atom stereocenters. The van der Waals surface area contributed by atoms with Crippen LogP contribution in [0.15, 0.2) is 60.2 Å². The lowest BCUT2D eigenvalue weighted by Crippen LogP contribution is -2.54. The smallest absolute Gasteiger partial charge is 0.308 e. The zero-order valence-electron chi connectivity index (χ0n) is 18.6. The highest BCUT2D eigenvalue weighted by Gasteiger charge is 2.35. The van der Waals surface area contributed by atoms with Crippen molar-refractivity contribution in [1.82, 2.24) is 9.88 Å². The fraction of sp³-hybridized carbons (Fsp3) is 0.120. The van der Waals surface area contributed by atoms with E-state index in [0.29, 0.717) is 11.3 Å². The van der Waals surface area contributed by atoms with Crippen molar-refractivity contribution in [3.63, 3.8) is 0 Å². The molecule has 7 nitrogen and oxygen atoms in total. The average molecular weight is 478 g/mol. The molecule has 2 heterocycles. The van der Waals surface area contributed by atoms with E-state index < -0.39 is 23.6 Å². The summed E-state index contributed by atoms with van der Waals surface area (Å²) in [6.07, 6.45) is 1.47. The Morgan fingerprint density at radius 1 is 1.09 bits per heavy atom. The van der Waals surface area contributed by atoms with E-state index in [4.69, 9.17) is 17.0 Å². The van der Waals surface area contributed by atoms with E-state index in [1.165, 1.54) is 31.2 Å². The maximum atomic E-state index is 14.4. The van der Waals surface area contributed by atoms with Gasteiger partial charge >= 0.3 is 5.97 Å². The largest absolute Gasteiger partial charge is 0.427 e. The predicted octanol–water partition coefficient (Wildman–Crippen LogP) is 3.99. The van der Waals surface area contributed by atoms with E-state index in [1.54, 1.807) is 30.3 Å². The van der Waals surface area contributed by atoms with Gasteiger partial charge in [-0.1, -0.05) is 12.1 Å². The van der Waals surface area contributed by atoms with Crippen LogP contribution in [0.3, 0.4) is 0 Å². The molecule has 2 aromatic carbocycles. The SMILES string of the molecule is CC(=O)Oc1ccc(-n2c(C)cc(/C=C3\C(=O)NC(=S)N(c4ccccc4F)C3=O)c2C)cc1. The molecule has 0 spiro atoms. The first kappa shape index (κ1) is 23.1. The van der Waals surface area contributed by atoms with Gasteiger partial charge in [-0.2, -0.15) is 0 Å². The van der Waals surface area contributed by atoms with Crippen molar-refractivity contribution in [2.45, 2.75) is 20.8 Å². The number of amides is 2. The number of nitrogens with zero attached hydrogens (tertiary/aromatic N) is 2. The fourth-order valence-corrected chi connectivity index (χ4v) is 4.10. The van der Waals surface area contributed by atoms with E-state index in [9.17, 15) is 18.8 Å². The molecular formula is C25H20FN3O4S. The summed E-state index contributed by atoms with van der Waals surface area (Å²) in [6.45, 7) is 5.07. The number of aryl methyl sites for hydroxylation is 1. The van der Waals surface area contributed by atoms with E-state index >= 15 is 0 Å². The highest BCUT2D eigenvalue weighted by atomic mass is 32.1. The highest BCUT2D eigenvalue weighted by Crippen LogP contribution is 2.28. The number of benzene rings is 2. The number of halogens is 1. The lowest BCUT2D eigenvalue weighted by atomic mass is 10.1. The van der Waals surface area contributed by atoms with Gasteiger partial charge in [0.2, 0.25) is 0 Å². The van der Waals surface area contributed by atoms with Gasteiger partial charge in [-0.05, 0) is 80.2 Å². The Labute approximate surface area is 200 Å². The third-order valence-corrected chi connectivity index (χ3v) is 5.61. The molecule has 1 aliphatic heterocycles. The minimum Gasteiger partial charge on any atom is -0.427 e. The van der Waals surface area contributed by atoms with Gasteiger partial charge in [-0.15, -0.1) is 0 Å². The molecule has 1 saturated heterocycles. The average Bonchev–Trinajstić information content (AvgIpc) is 3.05. The van der Waals surface area contributed by atoms with Crippen LogP contribution < -0.4 is 15.0 Å². The first-order valence-electron chi connectivity index (χ1n) is 10.3. The van der Waals surface area contributed by atoms with Gasteiger partial charge < -0.3 is 9.30 Å². The Balaban J connectivity index is 1.72. The van der Waals surface area contributed by atoms with Crippen molar-refractivity contribution in [3.8, 4) is 11.4 Å². The second-order valence-corrected chi connectivity index (χ2v) is 8.05. The molecule has 34 heavy (non-hydrogen) atoms. The molecule has 1 fully saturated rings.